The van der Waals surface area contributed by atoms with E-state index in [4.69, 9.17) is 4.74 Å². The molecule has 2 heterocycles. The van der Waals surface area contributed by atoms with E-state index in [9.17, 15) is 14.0 Å². The molecule has 1 amide bonds. The molecule has 0 saturated heterocycles. The van der Waals surface area contributed by atoms with E-state index in [0.29, 0.717) is 44.3 Å². The minimum Gasteiger partial charge on any atom is -0.492 e. The Morgan fingerprint density at radius 3 is 2.71 bits per heavy atom. The summed E-state index contributed by atoms with van der Waals surface area (Å²) in [5.41, 5.74) is 1.18. The topological polar surface area (TPSA) is 73.2 Å². The van der Waals surface area contributed by atoms with Gasteiger partial charge in [0.15, 0.2) is 0 Å². The number of hydrogen-bond donors (Lipinski definition) is 1. The Kier molecular flexibility index (Phi) is 5.81. The number of halogens is 1. The summed E-state index contributed by atoms with van der Waals surface area (Å²) in [4.78, 5) is 31.2. The Hall–Kier alpha value is -3.52. The van der Waals surface area contributed by atoms with E-state index < -0.39 is 0 Å². The second-order valence-electron chi connectivity index (χ2n) is 6.89. The molecule has 0 spiro atoms. The van der Waals surface area contributed by atoms with Crippen molar-refractivity contribution in [1.82, 2.24) is 9.55 Å². The number of hydrogen-bond acceptors (Lipinski definition) is 5. The van der Waals surface area contributed by atoms with Gasteiger partial charge in [0.25, 0.3) is 11.5 Å². The molecule has 158 valence electrons. The number of fused-ring (bicyclic) bond motifs is 1. The molecule has 4 rings (SSSR count). The summed E-state index contributed by atoms with van der Waals surface area (Å²) in [6.07, 6.45) is 1.39. The van der Waals surface area contributed by atoms with Crippen molar-refractivity contribution in [3.63, 3.8) is 0 Å². The minimum absolute atomic E-state index is 0.0625. The van der Waals surface area contributed by atoms with Gasteiger partial charge < -0.3 is 10.1 Å². The van der Waals surface area contributed by atoms with Crippen molar-refractivity contribution >= 4 is 33.1 Å². The van der Waals surface area contributed by atoms with Crippen LogP contribution in [-0.2, 0) is 6.54 Å². The van der Waals surface area contributed by atoms with E-state index in [1.165, 1.54) is 17.0 Å². The average Bonchev–Trinajstić information content (AvgIpc) is 3.10. The van der Waals surface area contributed by atoms with Gasteiger partial charge in [0.05, 0.1) is 35.4 Å². The minimum atomic E-state index is -0.385. The predicted molar refractivity (Wildman–Crippen MR) is 120 cm³/mol. The maximum Gasteiger partial charge on any atom is 0.266 e. The molecular formula is C23H20FN3O3S. The normalized spacial score (nSPS) is 10.9. The van der Waals surface area contributed by atoms with E-state index in [0.717, 1.165) is 11.3 Å². The molecule has 0 atom stereocenters. The van der Waals surface area contributed by atoms with Crippen LogP contribution in [0.3, 0.4) is 0 Å². The number of nitrogens with zero attached hydrogens (tertiary/aromatic N) is 2. The van der Waals surface area contributed by atoms with Crippen LogP contribution in [0.15, 0.2) is 59.7 Å². The Labute approximate surface area is 181 Å². The SMILES string of the molecule is CCOc1ccccc1NC(=O)c1sc2ncn(Cc3ccccc3F)c(=O)c2c1C. The van der Waals surface area contributed by atoms with Gasteiger partial charge in [-0.05, 0) is 37.6 Å². The van der Waals surface area contributed by atoms with Crippen molar-refractivity contribution in [1.29, 1.82) is 0 Å². The van der Waals surface area contributed by atoms with Gasteiger partial charge in [-0.25, -0.2) is 9.37 Å². The summed E-state index contributed by atoms with van der Waals surface area (Å²) in [5, 5.41) is 3.22. The number of rotatable bonds is 6. The molecule has 0 radical (unpaired) electrons. The third-order valence-corrected chi connectivity index (χ3v) is 6.06. The molecule has 2 aromatic heterocycles. The number of aryl methyl sites for hydroxylation is 1. The van der Waals surface area contributed by atoms with Crippen molar-refractivity contribution in [2.45, 2.75) is 20.4 Å². The number of anilines is 1. The van der Waals surface area contributed by atoms with Crippen LogP contribution in [-0.4, -0.2) is 22.1 Å². The van der Waals surface area contributed by atoms with E-state index >= 15 is 0 Å². The highest BCUT2D eigenvalue weighted by Crippen LogP contribution is 2.30. The lowest BCUT2D eigenvalue weighted by Crippen LogP contribution is -2.21. The Bertz CT molecular complexity index is 1330. The number of amides is 1. The van der Waals surface area contributed by atoms with Crippen LogP contribution in [0.2, 0.25) is 0 Å². The molecule has 0 unspecified atom stereocenters. The van der Waals surface area contributed by atoms with Crippen molar-refractivity contribution in [2.24, 2.45) is 0 Å². The zero-order chi connectivity index (χ0) is 22.0. The summed E-state index contributed by atoms with van der Waals surface area (Å²) in [5.74, 6) is -0.153. The summed E-state index contributed by atoms with van der Waals surface area (Å²) in [6.45, 7) is 4.12. The van der Waals surface area contributed by atoms with Crippen LogP contribution < -0.4 is 15.6 Å². The Morgan fingerprint density at radius 1 is 1.19 bits per heavy atom. The van der Waals surface area contributed by atoms with Crippen LogP contribution in [0, 0.1) is 12.7 Å². The Balaban J connectivity index is 1.68. The maximum absolute atomic E-state index is 14.0. The fourth-order valence-corrected chi connectivity index (χ4v) is 4.36. The van der Waals surface area contributed by atoms with Gasteiger partial charge in [-0.3, -0.25) is 14.2 Å². The zero-order valence-corrected chi connectivity index (χ0v) is 17.8. The summed E-state index contributed by atoms with van der Waals surface area (Å²) in [7, 11) is 0. The van der Waals surface area contributed by atoms with Crippen molar-refractivity contribution in [3.8, 4) is 5.75 Å². The lowest BCUT2D eigenvalue weighted by atomic mass is 10.2. The first kappa shape index (κ1) is 20.7. The van der Waals surface area contributed by atoms with Gasteiger partial charge >= 0.3 is 0 Å². The van der Waals surface area contributed by atoms with Crippen molar-refractivity contribution in [3.05, 3.63) is 87.0 Å². The number of benzene rings is 2. The monoisotopic (exact) mass is 437 g/mol. The summed E-state index contributed by atoms with van der Waals surface area (Å²) in [6, 6.07) is 13.5. The lowest BCUT2D eigenvalue weighted by molar-refractivity contribution is 0.102. The third-order valence-electron chi connectivity index (χ3n) is 4.86. The molecule has 4 aromatic rings. The number of carbonyl (C=O) groups is 1. The summed E-state index contributed by atoms with van der Waals surface area (Å²) >= 11 is 1.15. The highest BCUT2D eigenvalue weighted by atomic mass is 32.1. The molecule has 8 heteroatoms. The van der Waals surface area contributed by atoms with E-state index in [2.05, 4.69) is 10.3 Å². The predicted octanol–water partition coefficient (Wildman–Crippen LogP) is 4.60. The fraction of sp³-hybridized carbons (Fsp3) is 0.174. The third kappa shape index (κ3) is 4.06. The molecule has 0 aliphatic rings. The fourth-order valence-electron chi connectivity index (χ4n) is 3.33. The van der Waals surface area contributed by atoms with Gasteiger partial charge in [0.2, 0.25) is 0 Å². The number of aromatic nitrogens is 2. The lowest BCUT2D eigenvalue weighted by Gasteiger charge is -2.10. The van der Waals surface area contributed by atoms with Gasteiger partial charge in [0, 0.05) is 5.56 Å². The first-order chi connectivity index (χ1) is 15.0. The largest absolute Gasteiger partial charge is 0.492 e. The molecule has 0 aliphatic heterocycles. The number of thiophene rings is 1. The average molecular weight is 437 g/mol. The molecule has 0 aliphatic carbocycles. The number of para-hydroxylation sites is 2. The molecule has 0 fully saturated rings. The summed E-state index contributed by atoms with van der Waals surface area (Å²) < 4.78 is 20.9. The first-order valence-corrected chi connectivity index (χ1v) is 10.6. The first-order valence-electron chi connectivity index (χ1n) is 9.74. The van der Waals surface area contributed by atoms with Crippen LogP contribution in [0.25, 0.3) is 10.2 Å². The molecule has 6 nitrogen and oxygen atoms in total. The van der Waals surface area contributed by atoms with E-state index in [1.54, 1.807) is 43.3 Å². The highest BCUT2D eigenvalue weighted by molar-refractivity contribution is 7.20. The van der Waals surface area contributed by atoms with Gasteiger partial charge in [-0.15, -0.1) is 11.3 Å². The highest BCUT2D eigenvalue weighted by Gasteiger charge is 2.20. The zero-order valence-electron chi connectivity index (χ0n) is 17.0. The second kappa shape index (κ2) is 8.69. The van der Waals surface area contributed by atoms with Gasteiger partial charge in [0.1, 0.15) is 16.4 Å². The molecule has 2 aromatic carbocycles. The molecular weight excluding hydrogens is 417 g/mol. The van der Waals surface area contributed by atoms with E-state index in [1.807, 2.05) is 13.0 Å². The molecule has 1 N–H and O–H groups in total. The van der Waals surface area contributed by atoms with Gasteiger partial charge in [-0.2, -0.15) is 0 Å². The van der Waals surface area contributed by atoms with Crippen LogP contribution in [0.1, 0.15) is 27.7 Å². The number of carbonyl (C=O) groups excluding carboxylic acids is 1. The van der Waals surface area contributed by atoms with Crippen LogP contribution >= 0.6 is 11.3 Å². The van der Waals surface area contributed by atoms with Gasteiger partial charge in [-0.1, -0.05) is 30.3 Å². The molecule has 31 heavy (non-hydrogen) atoms. The molecule has 0 bridgehead atoms. The Morgan fingerprint density at radius 2 is 1.94 bits per heavy atom. The molecule has 0 saturated carbocycles. The number of nitrogens with one attached hydrogen (secondary N) is 1. The van der Waals surface area contributed by atoms with Crippen molar-refractivity contribution < 1.29 is 13.9 Å². The quantitative estimate of drug-likeness (QED) is 0.478. The van der Waals surface area contributed by atoms with Crippen LogP contribution in [0.5, 0.6) is 5.75 Å². The van der Waals surface area contributed by atoms with Crippen molar-refractivity contribution in [2.75, 3.05) is 11.9 Å². The standard InChI is InChI=1S/C23H20FN3O3S/c1-3-30-18-11-7-6-10-17(18)26-21(28)20-14(2)19-22(31-20)25-13-27(23(19)29)12-15-8-4-5-9-16(15)24/h4-11,13H,3,12H2,1-2H3,(H,26,28). The smallest absolute Gasteiger partial charge is 0.266 e. The van der Waals surface area contributed by atoms with E-state index in [-0.39, 0.29) is 23.8 Å². The maximum atomic E-state index is 14.0. The second-order valence-corrected chi connectivity index (χ2v) is 7.89. The number of ether oxygens (including phenoxy) is 1. The van der Waals surface area contributed by atoms with Crippen LogP contribution in [0.4, 0.5) is 10.1 Å².